The van der Waals surface area contributed by atoms with Crippen LogP contribution in [0, 0.1) is 0 Å². The molecule has 2 fully saturated rings. The lowest BCUT2D eigenvalue weighted by Gasteiger charge is -2.36. The predicted molar refractivity (Wildman–Crippen MR) is 132 cm³/mol. The number of benzene rings is 1. The van der Waals surface area contributed by atoms with E-state index in [0.717, 1.165) is 49.2 Å². The Balaban J connectivity index is 1.50. The number of nitrogens with zero attached hydrogens (tertiary/aromatic N) is 1. The number of allylic oxidation sites excluding steroid dienone is 1. The number of carbonyl (C=O) groups excluding carboxylic acids is 1. The number of morpholine rings is 1. The zero-order valence-corrected chi connectivity index (χ0v) is 21.7. The van der Waals surface area contributed by atoms with Crippen LogP contribution < -0.4 is 0 Å². The molecule has 2 aliphatic rings. The van der Waals surface area contributed by atoms with E-state index in [-0.39, 0.29) is 18.2 Å². The number of hydrogen-bond acceptors (Lipinski definition) is 6. The molecule has 0 spiro atoms. The molecule has 1 aliphatic carbocycles. The molecule has 33 heavy (non-hydrogen) atoms. The van der Waals surface area contributed by atoms with Gasteiger partial charge in [0.1, 0.15) is 5.60 Å². The van der Waals surface area contributed by atoms with Crippen molar-refractivity contribution in [1.82, 2.24) is 4.90 Å². The van der Waals surface area contributed by atoms with Crippen molar-refractivity contribution in [3.63, 3.8) is 0 Å². The molecule has 0 aromatic heterocycles. The molecule has 1 saturated carbocycles. The first-order chi connectivity index (χ1) is 15.8. The first-order valence-corrected chi connectivity index (χ1v) is 12.8. The molecule has 0 bridgehead atoms. The average molecular weight is 524 g/mol. The van der Waals surface area contributed by atoms with E-state index in [0.29, 0.717) is 32.1 Å². The van der Waals surface area contributed by atoms with Crippen LogP contribution in [0.3, 0.4) is 0 Å². The highest BCUT2D eigenvalue weighted by Gasteiger charge is 2.41. The average Bonchev–Trinajstić information content (AvgIpc) is 3.18. The Labute approximate surface area is 206 Å². The molecule has 6 nitrogen and oxygen atoms in total. The van der Waals surface area contributed by atoms with Crippen molar-refractivity contribution in [3.8, 4) is 0 Å². The first-order valence-electron chi connectivity index (χ1n) is 12.0. The van der Waals surface area contributed by atoms with E-state index in [9.17, 15) is 4.79 Å². The molecule has 0 amide bonds. The Hall–Kier alpha value is -1.25. The summed E-state index contributed by atoms with van der Waals surface area (Å²) in [4.78, 5) is 14.3. The van der Waals surface area contributed by atoms with Crippen molar-refractivity contribution in [2.45, 2.75) is 76.9 Å². The zero-order valence-electron chi connectivity index (χ0n) is 20.1. The molecular weight excluding hydrogens is 486 g/mol. The van der Waals surface area contributed by atoms with Gasteiger partial charge < -0.3 is 18.9 Å². The van der Waals surface area contributed by atoms with Gasteiger partial charge in [0.2, 0.25) is 0 Å². The van der Waals surface area contributed by atoms with Crippen LogP contribution in [0.4, 0.5) is 0 Å². The number of rotatable bonds is 10. The highest BCUT2D eigenvalue weighted by atomic mass is 79.9. The van der Waals surface area contributed by atoms with Gasteiger partial charge in [-0.15, -0.1) is 0 Å². The van der Waals surface area contributed by atoms with Gasteiger partial charge in [-0.2, -0.15) is 0 Å². The standard InChI is InChI=1S/C26H38BrNO5/c1-26(2,3)33-24(29)7-5-4-6-16-31-25-22(28-14-17-30-18-15-28)12-13-23(25)32-19-20-8-10-21(27)11-9-20/h4,6,8-11,22-23,25H,5,7,12-19H2,1-3H3/b6-4-/t22-,23+,25?/m1/s1. The third-order valence-electron chi connectivity index (χ3n) is 5.87. The van der Waals surface area contributed by atoms with Gasteiger partial charge in [-0.3, -0.25) is 9.69 Å². The van der Waals surface area contributed by atoms with Crippen LogP contribution in [-0.4, -0.2) is 67.6 Å². The molecule has 1 aromatic carbocycles. The Morgan fingerprint density at radius 2 is 1.85 bits per heavy atom. The predicted octanol–water partition coefficient (Wildman–Crippen LogP) is 4.89. The van der Waals surface area contributed by atoms with E-state index < -0.39 is 5.60 Å². The molecule has 1 saturated heterocycles. The minimum Gasteiger partial charge on any atom is -0.460 e. The van der Waals surface area contributed by atoms with Gasteiger partial charge in [0.15, 0.2) is 0 Å². The molecule has 3 rings (SSSR count). The first kappa shape index (κ1) is 26.4. The van der Waals surface area contributed by atoms with Crippen molar-refractivity contribution in [2.24, 2.45) is 0 Å². The van der Waals surface area contributed by atoms with Gasteiger partial charge in [-0.05, 0) is 57.7 Å². The van der Waals surface area contributed by atoms with Gasteiger partial charge in [-0.25, -0.2) is 0 Å². The van der Waals surface area contributed by atoms with Gasteiger partial charge >= 0.3 is 5.97 Å². The quantitative estimate of drug-likeness (QED) is 0.321. The SMILES string of the molecule is CC(C)(C)OC(=O)CC/C=C\COC1[C@@H](OCc2ccc(Br)cc2)CC[C@H]1N1CCOCC1. The van der Waals surface area contributed by atoms with E-state index in [1.807, 2.05) is 45.1 Å². The van der Waals surface area contributed by atoms with Gasteiger partial charge in [0, 0.05) is 30.0 Å². The second kappa shape index (κ2) is 13.0. The maximum Gasteiger partial charge on any atom is 0.306 e. The van der Waals surface area contributed by atoms with Crippen LogP contribution in [0.25, 0.3) is 0 Å². The van der Waals surface area contributed by atoms with Crippen LogP contribution in [0.1, 0.15) is 52.0 Å². The molecule has 1 aromatic rings. The second-order valence-corrected chi connectivity index (χ2v) is 10.6. The minimum absolute atomic E-state index is 0.0223. The summed E-state index contributed by atoms with van der Waals surface area (Å²) in [5.41, 5.74) is 0.723. The molecule has 1 unspecified atom stereocenters. The Morgan fingerprint density at radius 1 is 1.12 bits per heavy atom. The number of halogens is 1. The fraction of sp³-hybridized carbons (Fsp3) is 0.654. The third kappa shape index (κ3) is 9.13. The summed E-state index contributed by atoms with van der Waals surface area (Å²) in [6.07, 6.45) is 7.19. The molecular formula is C26H38BrNO5. The van der Waals surface area contributed by atoms with E-state index in [2.05, 4.69) is 33.0 Å². The van der Waals surface area contributed by atoms with Crippen LogP contribution in [0.15, 0.2) is 40.9 Å². The Kier molecular flexibility index (Phi) is 10.4. The number of ether oxygens (including phenoxy) is 4. The van der Waals surface area contributed by atoms with Gasteiger partial charge in [0.05, 0.1) is 38.6 Å². The van der Waals surface area contributed by atoms with Gasteiger partial charge in [0.25, 0.3) is 0 Å². The molecule has 3 atom stereocenters. The normalized spacial score (nSPS) is 24.4. The van der Waals surface area contributed by atoms with Crippen molar-refractivity contribution in [3.05, 3.63) is 46.5 Å². The fourth-order valence-corrected chi connectivity index (χ4v) is 4.60. The van der Waals surface area contributed by atoms with Crippen molar-refractivity contribution < 1.29 is 23.7 Å². The molecule has 1 heterocycles. The number of carbonyl (C=O) groups is 1. The maximum absolute atomic E-state index is 11.8. The van der Waals surface area contributed by atoms with Crippen molar-refractivity contribution in [2.75, 3.05) is 32.9 Å². The molecule has 0 radical (unpaired) electrons. The van der Waals surface area contributed by atoms with Crippen molar-refractivity contribution >= 4 is 21.9 Å². The molecule has 0 N–H and O–H groups in total. The number of hydrogen-bond donors (Lipinski definition) is 0. The smallest absolute Gasteiger partial charge is 0.306 e. The summed E-state index contributed by atoms with van der Waals surface area (Å²) < 4.78 is 24.7. The van der Waals surface area contributed by atoms with Crippen LogP contribution in [0.2, 0.25) is 0 Å². The lowest BCUT2D eigenvalue weighted by Crippen LogP contribution is -2.49. The monoisotopic (exact) mass is 523 g/mol. The summed E-state index contributed by atoms with van der Waals surface area (Å²) in [5, 5.41) is 0. The fourth-order valence-electron chi connectivity index (χ4n) is 4.34. The largest absolute Gasteiger partial charge is 0.460 e. The maximum atomic E-state index is 11.8. The highest BCUT2D eigenvalue weighted by Crippen LogP contribution is 2.31. The lowest BCUT2D eigenvalue weighted by atomic mass is 10.1. The van der Waals surface area contributed by atoms with E-state index in [1.165, 1.54) is 0 Å². The summed E-state index contributed by atoms with van der Waals surface area (Å²) in [6.45, 7) is 10.2. The van der Waals surface area contributed by atoms with E-state index in [4.69, 9.17) is 18.9 Å². The van der Waals surface area contributed by atoms with Crippen LogP contribution in [-0.2, 0) is 30.3 Å². The Morgan fingerprint density at radius 3 is 2.55 bits per heavy atom. The van der Waals surface area contributed by atoms with Crippen LogP contribution in [0.5, 0.6) is 0 Å². The highest BCUT2D eigenvalue weighted by molar-refractivity contribution is 9.10. The summed E-state index contributed by atoms with van der Waals surface area (Å²) in [7, 11) is 0. The molecule has 7 heteroatoms. The van der Waals surface area contributed by atoms with Gasteiger partial charge in [-0.1, -0.05) is 40.2 Å². The molecule has 1 aliphatic heterocycles. The Bertz CT molecular complexity index is 755. The second-order valence-electron chi connectivity index (χ2n) is 9.66. The lowest BCUT2D eigenvalue weighted by molar-refractivity contribution is -0.154. The zero-order chi connectivity index (χ0) is 23.7. The minimum atomic E-state index is -0.438. The topological polar surface area (TPSA) is 57.2 Å². The summed E-state index contributed by atoms with van der Waals surface area (Å²) in [6, 6.07) is 8.60. The summed E-state index contributed by atoms with van der Waals surface area (Å²) >= 11 is 3.48. The third-order valence-corrected chi connectivity index (χ3v) is 6.40. The van der Waals surface area contributed by atoms with E-state index in [1.54, 1.807) is 0 Å². The number of esters is 1. The summed E-state index contributed by atoms with van der Waals surface area (Å²) in [5.74, 6) is -0.169. The molecule has 184 valence electrons. The van der Waals surface area contributed by atoms with Crippen LogP contribution >= 0.6 is 15.9 Å². The van der Waals surface area contributed by atoms with Crippen molar-refractivity contribution in [1.29, 1.82) is 0 Å². The van der Waals surface area contributed by atoms with E-state index >= 15 is 0 Å².